The number of nitrogen functional groups attached to an aromatic ring is 1. The topological polar surface area (TPSA) is 67.2 Å². The Labute approximate surface area is 140 Å². The van der Waals surface area contributed by atoms with Crippen LogP contribution in [0.5, 0.6) is 0 Å². The quantitative estimate of drug-likeness (QED) is 0.656. The van der Waals surface area contributed by atoms with Crippen molar-refractivity contribution in [2.45, 2.75) is 6.92 Å². The van der Waals surface area contributed by atoms with E-state index in [2.05, 4.69) is 42.5 Å². The molecule has 0 atom stereocenters. The van der Waals surface area contributed by atoms with Gasteiger partial charge in [0.15, 0.2) is 0 Å². The number of hydrogen-bond donors (Lipinski definition) is 3. The van der Waals surface area contributed by atoms with Crippen molar-refractivity contribution in [1.82, 2.24) is 5.32 Å². The van der Waals surface area contributed by atoms with Crippen molar-refractivity contribution in [3.63, 3.8) is 0 Å². The standard InChI is InChI=1S/C15H15Br2N3O/c1-2-19-15(21)9-6-7-13(12(18)8-9)20-14-10(16)4-3-5-11(14)17/h3-8,20H,2,18H2,1H3,(H,19,21). The monoisotopic (exact) mass is 411 g/mol. The number of rotatable bonds is 4. The number of anilines is 3. The Morgan fingerprint density at radius 2 is 1.86 bits per heavy atom. The summed E-state index contributed by atoms with van der Waals surface area (Å²) in [6.07, 6.45) is 0. The summed E-state index contributed by atoms with van der Waals surface area (Å²) in [5.41, 5.74) is 8.72. The lowest BCUT2D eigenvalue weighted by molar-refractivity contribution is 0.0956. The molecule has 2 aromatic carbocycles. The summed E-state index contributed by atoms with van der Waals surface area (Å²) in [4.78, 5) is 11.8. The molecule has 0 spiro atoms. The molecule has 0 saturated carbocycles. The second-order valence-corrected chi connectivity index (χ2v) is 6.09. The molecule has 2 rings (SSSR count). The predicted molar refractivity (Wildman–Crippen MR) is 94.0 cm³/mol. The number of para-hydroxylation sites is 1. The Morgan fingerprint density at radius 3 is 2.43 bits per heavy atom. The van der Waals surface area contributed by atoms with Crippen LogP contribution in [0, 0.1) is 0 Å². The minimum absolute atomic E-state index is 0.127. The van der Waals surface area contributed by atoms with Gasteiger partial charge in [0.25, 0.3) is 5.91 Å². The van der Waals surface area contributed by atoms with Gasteiger partial charge in [-0.1, -0.05) is 6.07 Å². The highest BCUT2D eigenvalue weighted by molar-refractivity contribution is 9.11. The van der Waals surface area contributed by atoms with Gasteiger partial charge in [-0.05, 0) is 69.1 Å². The largest absolute Gasteiger partial charge is 0.397 e. The lowest BCUT2D eigenvalue weighted by atomic mass is 10.1. The number of nitrogens with two attached hydrogens (primary N) is 1. The molecule has 110 valence electrons. The predicted octanol–water partition coefficient (Wildman–Crippen LogP) is 4.29. The minimum Gasteiger partial charge on any atom is -0.397 e. The smallest absolute Gasteiger partial charge is 0.251 e. The van der Waals surface area contributed by atoms with Crippen molar-refractivity contribution in [3.05, 3.63) is 50.9 Å². The van der Waals surface area contributed by atoms with E-state index in [9.17, 15) is 4.79 Å². The third-order valence-corrected chi connectivity index (χ3v) is 4.20. The summed E-state index contributed by atoms with van der Waals surface area (Å²) >= 11 is 6.98. The van der Waals surface area contributed by atoms with Gasteiger partial charge in [0, 0.05) is 21.1 Å². The summed E-state index contributed by atoms with van der Waals surface area (Å²) in [6.45, 7) is 2.46. The molecule has 0 bridgehead atoms. The molecule has 4 nitrogen and oxygen atoms in total. The Bertz CT molecular complexity index is 654. The number of carbonyl (C=O) groups excluding carboxylic acids is 1. The zero-order valence-corrected chi connectivity index (χ0v) is 14.6. The van der Waals surface area contributed by atoms with E-state index in [4.69, 9.17) is 5.73 Å². The lowest BCUT2D eigenvalue weighted by Gasteiger charge is -2.13. The van der Waals surface area contributed by atoms with Crippen LogP contribution in [-0.2, 0) is 0 Å². The lowest BCUT2D eigenvalue weighted by Crippen LogP contribution is -2.22. The highest BCUT2D eigenvalue weighted by Crippen LogP contribution is 2.34. The second-order valence-electron chi connectivity index (χ2n) is 4.38. The second kappa shape index (κ2) is 6.95. The normalized spacial score (nSPS) is 10.2. The summed E-state index contributed by atoms with van der Waals surface area (Å²) in [7, 11) is 0. The molecule has 0 aliphatic rings. The van der Waals surface area contributed by atoms with Crippen LogP contribution in [0.2, 0.25) is 0 Å². The molecule has 21 heavy (non-hydrogen) atoms. The van der Waals surface area contributed by atoms with E-state index in [0.717, 1.165) is 20.3 Å². The fraction of sp³-hybridized carbons (Fsp3) is 0.133. The van der Waals surface area contributed by atoms with Crippen LogP contribution in [0.1, 0.15) is 17.3 Å². The van der Waals surface area contributed by atoms with Crippen LogP contribution in [0.25, 0.3) is 0 Å². The van der Waals surface area contributed by atoms with Crippen LogP contribution in [-0.4, -0.2) is 12.5 Å². The van der Waals surface area contributed by atoms with Gasteiger partial charge in [-0.3, -0.25) is 4.79 Å². The molecular weight excluding hydrogens is 398 g/mol. The van der Waals surface area contributed by atoms with Crippen molar-refractivity contribution < 1.29 is 4.79 Å². The van der Waals surface area contributed by atoms with Gasteiger partial charge in [0.05, 0.1) is 17.1 Å². The van der Waals surface area contributed by atoms with Gasteiger partial charge in [-0.2, -0.15) is 0 Å². The van der Waals surface area contributed by atoms with Crippen molar-refractivity contribution >= 4 is 54.8 Å². The van der Waals surface area contributed by atoms with Crippen LogP contribution >= 0.6 is 31.9 Å². The van der Waals surface area contributed by atoms with Crippen molar-refractivity contribution in [2.24, 2.45) is 0 Å². The van der Waals surface area contributed by atoms with Crippen molar-refractivity contribution in [3.8, 4) is 0 Å². The Balaban J connectivity index is 2.28. The number of hydrogen-bond acceptors (Lipinski definition) is 3. The maximum absolute atomic E-state index is 11.8. The molecule has 0 aliphatic carbocycles. The Morgan fingerprint density at radius 1 is 1.19 bits per heavy atom. The third-order valence-electron chi connectivity index (χ3n) is 2.87. The highest BCUT2D eigenvalue weighted by Gasteiger charge is 2.10. The maximum atomic E-state index is 11.8. The van der Waals surface area contributed by atoms with Crippen molar-refractivity contribution in [2.75, 3.05) is 17.6 Å². The zero-order valence-electron chi connectivity index (χ0n) is 11.4. The molecule has 0 saturated heterocycles. The van der Waals surface area contributed by atoms with E-state index in [-0.39, 0.29) is 5.91 Å². The SMILES string of the molecule is CCNC(=O)c1ccc(Nc2c(Br)cccc2Br)c(N)c1. The molecule has 0 unspecified atom stereocenters. The number of halogens is 2. The van der Waals surface area contributed by atoms with Crippen LogP contribution in [0.15, 0.2) is 45.3 Å². The Hall–Kier alpha value is -1.53. The van der Waals surface area contributed by atoms with Crippen LogP contribution in [0.4, 0.5) is 17.1 Å². The first-order chi connectivity index (χ1) is 10.0. The van der Waals surface area contributed by atoms with E-state index in [1.54, 1.807) is 18.2 Å². The van der Waals surface area contributed by atoms with E-state index >= 15 is 0 Å². The fourth-order valence-electron chi connectivity index (χ4n) is 1.83. The first-order valence-electron chi connectivity index (χ1n) is 6.41. The average Bonchev–Trinajstić information content (AvgIpc) is 2.44. The van der Waals surface area contributed by atoms with Gasteiger partial charge in [0.2, 0.25) is 0 Å². The minimum atomic E-state index is -0.127. The van der Waals surface area contributed by atoms with E-state index in [1.807, 2.05) is 25.1 Å². The molecule has 0 aromatic heterocycles. The summed E-state index contributed by atoms with van der Waals surface area (Å²) in [6, 6.07) is 11.0. The van der Waals surface area contributed by atoms with Gasteiger partial charge >= 0.3 is 0 Å². The van der Waals surface area contributed by atoms with E-state index in [1.165, 1.54) is 0 Å². The molecular formula is C15H15Br2N3O. The molecule has 2 aromatic rings. The summed E-state index contributed by atoms with van der Waals surface area (Å²) < 4.78 is 1.84. The number of carbonyl (C=O) groups is 1. The van der Waals surface area contributed by atoms with Crippen LogP contribution < -0.4 is 16.4 Å². The Kier molecular flexibility index (Phi) is 5.25. The highest BCUT2D eigenvalue weighted by atomic mass is 79.9. The molecule has 0 heterocycles. The molecule has 4 N–H and O–H groups in total. The molecule has 0 radical (unpaired) electrons. The molecule has 0 aliphatic heterocycles. The maximum Gasteiger partial charge on any atom is 0.251 e. The molecule has 1 amide bonds. The average molecular weight is 413 g/mol. The summed E-state index contributed by atoms with van der Waals surface area (Å²) in [5, 5.41) is 6.00. The first kappa shape index (κ1) is 15.9. The van der Waals surface area contributed by atoms with Crippen molar-refractivity contribution in [1.29, 1.82) is 0 Å². The molecule has 6 heteroatoms. The van der Waals surface area contributed by atoms with E-state index < -0.39 is 0 Å². The number of amides is 1. The van der Waals surface area contributed by atoms with Gasteiger partial charge < -0.3 is 16.4 Å². The van der Waals surface area contributed by atoms with E-state index in [0.29, 0.717) is 17.8 Å². The fourth-order valence-corrected chi connectivity index (χ4v) is 3.03. The number of nitrogens with one attached hydrogen (secondary N) is 2. The number of benzene rings is 2. The van der Waals surface area contributed by atoms with Gasteiger partial charge in [-0.25, -0.2) is 0 Å². The summed E-state index contributed by atoms with van der Waals surface area (Å²) in [5.74, 6) is -0.127. The first-order valence-corrected chi connectivity index (χ1v) is 8.00. The zero-order chi connectivity index (χ0) is 15.4. The van der Waals surface area contributed by atoms with Crippen LogP contribution in [0.3, 0.4) is 0 Å². The third kappa shape index (κ3) is 3.77. The molecule has 0 fully saturated rings. The van der Waals surface area contributed by atoms with Gasteiger partial charge in [-0.15, -0.1) is 0 Å². The van der Waals surface area contributed by atoms with Gasteiger partial charge in [0.1, 0.15) is 0 Å².